The van der Waals surface area contributed by atoms with Crippen LogP contribution in [0.1, 0.15) is 39.2 Å². The van der Waals surface area contributed by atoms with Crippen molar-refractivity contribution in [2.45, 2.75) is 52.2 Å². The number of aryl methyl sites for hydroxylation is 1. The van der Waals surface area contributed by atoms with E-state index < -0.39 is 17.7 Å². The fourth-order valence-corrected chi connectivity index (χ4v) is 4.23. The second kappa shape index (κ2) is 8.51. The molecule has 1 aromatic carbocycles. The van der Waals surface area contributed by atoms with Crippen LogP contribution in [0.4, 0.5) is 15.4 Å². The molecule has 9 heteroatoms. The number of piperidine rings is 1. The maximum atomic E-state index is 12.5. The molecule has 0 spiro atoms. The van der Waals surface area contributed by atoms with E-state index in [0.717, 1.165) is 22.6 Å². The van der Waals surface area contributed by atoms with Gasteiger partial charge in [0.25, 0.3) is 0 Å². The lowest BCUT2D eigenvalue weighted by Gasteiger charge is -2.38. The molecule has 3 amide bonds. The molecule has 0 unspecified atom stereocenters. The highest BCUT2D eigenvalue weighted by molar-refractivity contribution is 7.13. The quantitative estimate of drug-likeness (QED) is 0.759. The number of hydrogen-bond acceptors (Lipinski definition) is 6. The van der Waals surface area contributed by atoms with Gasteiger partial charge in [0.05, 0.1) is 6.04 Å². The number of nitrogens with zero attached hydrogens (tertiary/aromatic N) is 3. The molecule has 30 heavy (non-hydrogen) atoms. The predicted molar refractivity (Wildman–Crippen MR) is 117 cm³/mol. The number of anilines is 1. The fraction of sp³-hybridized carbons (Fsp3) is 0.476. The maximum Gasteiger partial charge on any atom is 0.410 e. The first-order valence-corrected chi connectivity index (χ1v) is 10.8. The molecule has 2 heterocycles. The third-order valence-electron chi connectivity index (χ3n) is 4.83. The van der Waals surface area contributed by atoms with E-state index in [9.17, 15) is 14.7 Å². The Balaban J connectivity index is 1.80. The van der Waals surface area contributed by atoms with E-state index >= 15 is 0 Å². The van der Waals surface area contributed by atoms with Crippen LogP contribution in [-0.2, 0) is 4.74 Å². The van der Waals surface area contributed by atoms with E-state index in [0.29, 0.717) is 25.3 Å². The molecule has 3 rings (SSSR count). The maximum absolute atomic E-state index is 12.5. The molecule has 0 bridgehead atoms. The SMILES string of the molecule is Cc1cc(-c2nc(N(C(N)=O)[C@H]3CCCN(C(=O)OC(C)(C)C)C3)cs2)ccc1O. The smallest absolute Gasteiger partial charge is 0.410 e. The zero-order valence-corrected chi connectivity index (χ0v) is 18.5. The highest BCUT2D eigenvalue weighted by Crippen LogP contribution is 2.32. The van der Waals surface area contributed by atoms with Gasteiger partial charge in [-0.05, 0) is 64.3 Å². The van der Waals surface area contributed by atoms with Crippen LogP contribution >= 0.6 is 11.3 Å². The third-order valence-corrected chi connectivity index (χ3v) is 5.71. The lowest BCUT2D eigenvalue weighted by Crippen LogP contribution is -2.54. The average molecular weight is 433 g/mol. The van der Waals surface area contributed by atoms with Gasteiger partial charge in [0, 0.05) is 24.0 Å². The van der Waals surface area contributed by atoms with Crippen molar-refractivity contribution in [1.82, 2.24) is 9.88 Å². The molecule has 3 N–H and O–H groups in total. The first-order chi connectivity index (χ1) is 14.0. The number of aromatic hydroxyl groups is 1. The molecule has 1 aliphatic heterocycles. The van der Waals surface area contributed by atoms with E-state index in [1.54, 1.807) is 22.4 Å². The molecular weight excluding hydrogens is 404 g/mol. The van der Waals surface area contributed by atoms with E-state index in [-0.39, 0.29) is 11.8 Å². The van der Waals surface area contributed by atoms with Gasteiger partial charge in [0.15, 0.2) is 0 Å². The summed E-state index contributed by atoms with van der Waals surface area (Å²) in [7, 11) is 0. The monoisotopic (exact) mass is 432 g/mol. The van der Waals surface area contributed by atoms with Crippen LogP contribution in [0.2, 0.25) is 0 Å². The Morgan fingerprint density at radius 2 is 2.10 bits per heavy atom. The number of likely N-dealkylation sites (tertiary alicyclic amines) is 1. The molecule has 162 valence electrons. The Labute approximate surface area is 180 Å². The van der Waals surface area contributed by atoms with Gasteiger partial charge >= 0.3 is 12.1 Å². The fourth-order valence-electron chi connectivity index (χ4n) is 3.43. The Morgan fingerprint density at radius 1 is 1.37 bits per heavy atom. The summed E-state index contributed by atoms with van der Waals surface area (Å²) in [5.74, 6) is 0.683. The summed E-state index contributed by atoms with van der Waals surface area (Å²) in [6.45, 7) is 8.20. The molecule has 1 aliphatic rings. The molecule has 1 saturated heterocycles. The van der Waals surface area contributed by atoms with Crippen molar-refractivity contribution >= 4 is 29.3 Å². The number of benzene rings is 1. The number of phenolic OH excluding ortho intramolecular Hbond substituents is 1. The second-order valence-electron chi connectivity index (χ2n) is 8.44. The van der Waals surface area contributed by atoms with Crippen molar-refractivity contribution in [3.05, 3.63) is 29.1 Å². The number of primary amides is 1. The van der Waals surface area contributed by atoms with E-state index in [4.69, 9.17) is 10.5 Å². The number of ether oxygens (including phenoxy) is 1. The summed E-state index contributed by atoms with van der Waals surface area (Å²) >= 11 is 1.39. The van der Waals surface area contributed by atoms with Crippen LogP contribution in [0, 0.1) is 6.92 Å². The number of nitrogens with two attached hydrogens (primary N) is 1. The average Bonchev–Trinajstić information content (AvgIpc) is 3.12. The summed E-state index contributed by atoms with van der Waals surface area (Å²) in [6, 6.07) is 4.37. The van der Waals surface area contributed by atoms with Crippen molar-refractivity contribution in [3.63, 3.8) is 0 Å². The minimum absolute atomic E-state index is 0.221. The zero-order valence-electron chi connectivity index (χ0n) is 17.7. The minimum Gasteiger partial charge on any atom is -0.508 e. The number of carbonyl (C=O) groups excluding carboxylic acids is 2. The summed E-state index contributed by atoms with van der Waals surface area (Å²) < 4.78 is 5.47. The first kappa shape index (κ1) is 21.9. The molecule has 2 aromatic rings. The molecule has 0 aliphatic carbocycles. The molecule has 0 saturated carbocycles. The summed E-state index contributed by atoms with van der Waals surface area (Å²) in [4.78, 5) is 32.4. The van der Waals surface area contributed by atoms with Crippen LogP contribution in [0.3, 0.4) is 0 Å². The first-order valence-electron chi connectivity index (χ1n) is 9.87. The van der Waals surface area contributed by atoms with Gasteiger partial charge in [-0.25, -0.2) is 14.6 Å². The molecule has 1 aromatic heterocycles. The largest absolute Gasteiger partial charge is 0.508 e. The number of phenols is 1. The lowest BCUT2D eigenvalue weighted by atomic mass is 10.0. The van der Waals surface area contributed by atoms with Crippen LogP contribution in [-0.4, -0.2) is 51.8 Å². The van der Waals surface area contributed by atoms with Gasteiger partial charge in [-0.1, -0.05) is 0 Å². The standard InChI is InChI=1S/C21H28N4O4S/c1-13-10-14(7-8-16(13)26)18-23-17(12-30-18)25(19(22)27)15-6-5-9-24(11-15)20(28)29-21(2,3)4/h7-8,10,12,15,26H,5-6,9,11H2,1-4H3,(H2,22,27)/t15-/m0/s1. The number of urea groups is 1. The lowest BCUT2D eigenvalue weighted by molar-refractivity contribution is 0.0199. The van der Waals surface area contributed by atoms with Crippen LogP contribution in [0.5, 0.6) is 5.75 Å². The number of aromatic nitrogens is 1. The highest BCUT2D eigenvalue weighted by Gasteiger charge is 2.33. The van der Waals surface area contributed by atoms with Crippen molar-refractivity contribution in [1.29, 1.82) is 0 Å². The number of rotatable bonds is 3. The Kier molecular flexibility index (Phi) is 6.21. The van der Waals surface area contributed by atoms with Crippen molar-refractivity contribution in [2.75, 3.05) is 18.0 Å². The Morgan fingerprint density at radius 3 is 2.73 bits per heavy atom. The zero-order chi connectivity index (χ0) is 22.1. The van der Waals surface area contributed by atoms with E-state index in [1.807, 2.05) is 33.8 Å². The van der Waals surface area contributed by atoms with Gasteiger partial charge < -0.3 is 20.5 Å². The minimum atomic E-state index is -0.607. The van der Waals surface area contributed by atoms with Crippen molar-refractivity contribution in [3.8, 4) is 16.3 Å². The normalized spacial score (nSPS) is 16.9. The molecule has 1 fully saturated rings. The summed E-state index contributed by atoms with van der Waals surface area (Å²) in [5, 5.41) is 12.2. The van der Waals surface area contributed by atoms with Gasteiger partial charge in [-0.3, -0.25) is 4.90 Å². The molecule has 8 nitrogen and oxygen atoms in total. The third kappa shape index (κ3) is 5.02. The topological polar surface area (TPSA) is 109 Å². The van der Waals surface area contributed by atoms with Crippen LogP contribution < -0.4 is 10.6 Å². The van der Waals surface area contributed by atoms with Gasteiger partial charge in [-0.2, -0.15) is 0 Å². The molecular formula is C21H28N4O4S. The van der Waals surface area contributed by atoms with Gasteiger partial charge in [0.2, 0.25) is 0 Å². The second-order valence-corrected chi connectivity index (χ2v) is 9.30. The van der Waals surface area contributed by atoms with Gasteiger partial charge in [0.1, 0.15) is 22.2 Å². The number of hydrogen-bond donors (Lipinski definition) is 2. The molecule has 0 radical (unpaired) electrons. The van der Waals surface area contributed by atoms with Crippen LogP contribution in [0.25, 0.3) is 10.6 Å². The highest BCUT2D eigenvalue weighted by atomic mass is 32.1. The predicted octanol–water partition coefficient (Wildman–Crippen LogP) is 4.11. The van der Waals surface area contributed by atoms with Crippen molar-refractivity contribution in [2.24, 2.45) is 5.73 Å². The Bertz CT molecular complexity index is 937. The van der Waals surface area contributed by atoms with Crippen molar-refractivity contribution < 1.29 is 19.4 Å². The summed E-state index contributed by atoms with van der Waals surface area (Å²) in [5.41, 5.74) is 6.71. The number of thiazole rings is 1. The van der Waals surface area contributed by atoms with Gasteiger partial charge in [-0.15, -0.1) is 11.3 Å². The molecule has 1 atom stereocenters. The van der Waals surface area contributed by atoms with E-state index in [2.05, 4.69) is 4.98 Å². The number of carbonyl (C=O) groups is 2. The number of amides is 3. The Hall–Kier alpha value is -2.81. The summed E-state index contributed by atoms with van der Waals surface area (Å²) in [6.07, 6.45) is 1.06. The van der Waals surface area contributed by atoms with E-state index in [1.165, 1.54) is 16.2 Å². The van der Waals surface area contributed by atoms with Crippen LogP contribution in [0.15, 0.2) is 23.6 Å².